The predicted molar refractivity (Wildman–Crippen MR) is 35.6 cm³/mol. The van der Waals surface area contributed by atoms with E-state index in [9.17, 15) is 4.79 Å². The number of carbonyl (C=O) groups excluding carboxylic acids is 1. The highest BCUT2D eigenvalue weighted by molar-refractivity contribution is 5.69. The third kappa shape index (κ3) is 0.576. The third-order valence-corrected chi connectivity index (χ3v) is 2.62. The number of ether oxygens (including phenoxy) is 1. The van der Waals surface area contributed by atoms with Crippen molar-refractivity contribution in [3.05, 3.63) is 0 Å². The van der Waals surface area contributed by atoms with Gasteiger partial charge in [0, 0.05) is 12.6 Å². The summed E-state index contributed by atoms with van der Waals surface area (Å²) < 4.78 is 4.59. The van der Waals surface area contributed by atoms with Gasteiger partial charge in [-0.15, -0.1) is 0 Å². The van der Waals surface area contributed by atoms with Gasteiger partial charge in [-0.25, -0.2) is 4.79 Å². The SMILES string of the molecule is COC(=O)N1C[C@@H]2CC[C@H]21. The first-order valence-electron chi connectivity index (χ1n) is 3.67. The molecule has 56 valence electrons. The first kappa shape index (κ1) is 6.01. The van der Waals surface area contributed by atoms with Crippen LogP contribution in [0.25, 0.3) is 0 Å². The molecule has 3 nitrogen and oxygen atoms in total. The molecule has 2 atom stereocenters. The van der Waals surface area contributed by atoms with Crippen molar-refractivity contribution in [1.29, 1.82) is 0 Å². The summed E-state index contributed by atoms with van der Waals surface area (Å²) in [5.41, 5.74) is 0. The number of likely N-dealkylation sites (tertiary alicyclic amines) is 1. The van der Waals surface area contributed by atoms with Crippen molar-refractivity contribution in [1.82, 2.24) is 4.90 Å². The van der Waals surface area contributed by atoms with Crippen molar-refractivity contribution in [2.75, 3.05) is 13.7 Å². The largest absolute Gasteiger partial charge is 0.453 e. The molecule has 1 saturated carbocycles. The molecule has 1 saturated heterocycles. The van der Waals surface area contributed by atoms with E-state index in [0.29, 0.717) is 6.04 Å². The Morgan fingerprint density at radius 3 is 2.70 bits per heavy atom. The van der Waals surface area contributed by atoms with E-state index >= 15 is 0 Å². The van der Waals surface area contributed by atoms with E-state index < -0.39 is 0 Å². The maximum Gasteiger partial charge on any atom is 0.409 e. The smallest absolute Gasteiger partial charge is 0.409 e. The second-order valence-electron chi connectivity index (χ2n) is 3.03. The predicted octanol–water partition coefficient (Wildman–Crippen LogP) is 0.847. The van der Waals surface area contributed by atoms with E-state index in [2.05, 4.69) is 4.74 Å². The lowest BCUT2D eigenvalue weighted by atomic mass is 9.71. The number of amides is 1. The van der Waals surface area contributed by atoms with E-state index in [1.807, 2.05) is 4.90 Å². The fourth-order valence-electron chi connectivity index (χ4n) is 1.75. The van der Waals surface area contributed by atoms with Crippen LogP contribution in [-0.2, 0) is 4.74 Å². The number of hydrogen-bond acceptors (Lipinski definition) is 2. The summed E-state index contributed by atoms with van der Waals surface area (Å²) in [5, 5.41) is 0. The molecule has 0 aromatic carbocycles. The van der Waals surface area contributed by atoms with Crippen molar-refractivity contribution >= 4 is 6.09 Å². The fraction of sp³-hybridized carbons (Fsp3) is 0.857. The highest BCUT2D eigenvalue weighted by atomic mass is 16.5. The lowest BCUT2D eigenvalue weighted by Gasteiger charge is -2.54. The summed E-state index contributed by atoms with van der Waals surface area (Å²) in [6.45, 7) is 0.928. The molecule has 3 heteroatoms. The molecule has 1 aliphatic heterocycles. The number of carbonyl (C=O) groups is 1. The Morgan fingerprint density at radius 1 is 1.60 bits per heavy atom. The highest BCUT2D eigenvalue weighted by Gasteiger charge is 2.48. The molecule has 0 aromatic rings. The Bertz CT molecular complexity index is 169. The first-order chi connectivity index (χ1) is 4.83. The molecule has 1 aliphatic carbocycles. The minimum atomic E-state index is -0.152. The number of hydrogen-bond donors (Lipinski definition) is 0. The molecular formula is C7H11NO2. The van der Waals surface area contributed by atoms with E-state index in [4.69, 9.17) is 0 Å². The molecule has 0 bridgehead atoms. The second kappa shape index (κ2) is 1.87. The van der Waals surface area contributed by atoms with Crippen molar-refractivity contribution in [3.63, 3.8) is 0 Å². The van der Waals surface area contributed by atoms with Gasteiger partial charge in [0.25, 0.3) is 0 Å². The van der Waals surface area contributed by atoms with Gasteiger partial charge in [-0.1, -0.05) is 0 Å². The molecule has 1 heterocycles. The minimum absolute atomic E-state index is 0.152. The standard InChI is InChI=1S/C7H11NO2/c1-10-7(9)8-4-5-2-3-6(5)8/h5-6H,2-4H2,1H3/t5-,6+/m0/s1. The van der Waals surface area contributed by atoms with E-state index in [-0.39, 0.29) is 6.09 Å². The van der Waals surface area contributed by atoms with Crippen LogP contribution in [0.3, 0.4) is 0 Å². The van der Waals surface area contributed by atoms with Crippen molar-refractivity contribution < 1.29 is 9.53 Å². The summed E-state index contributed by atoms with van der Waals surface area (Å²) in [6, 6.07) is 0.535. The summed E-state index contributed by atoms with van der Waals surface area (Å²) in [5.74, 6) is 0.805. The average Bonchev–Trinajstić information content (AvgIpc) is 1.93. The van der Waals surface area contributed by atoms with E-state index in [1.165, 1.54) is 20.0 Å². The minimum Gasteiger partial charge on any atom is -0.453 e. The van der Waals surface area contributed by atoms with Crippen LogP contribution in [0, 0.1) is 5.92 Å². The third-order valence-electron chi connectivity index (χ3n) is 2.62. The molecule has 0 radical (unpaired) electrons. The Balaban J connectivity index is 1.91. The monoisotopic (exact) mass is 141 g/mol. The van der Waals surface area contributed by atoms with Crippen LogP contribution in [0.5, 0.6) is 0 Å². The van der Waals surface area contributed by atoms with Crippen LogP contribution in [0.4, 0.5) is 4.79 Å². The van der Waals surface area contributed by atoms with Crippen molar-refractivity contribution in [2.24, 2.45) is 5.92 Å². The molecular weight excluding hydrogens is 130 g/mol. The molecule has 1 amide bonds. The van der Waals surface area contributed by atoms with Gasteiger partial charge in [-0.3, -0.25) is 0 Å². The summed E-state index contributed by atoms with van der Waals surface area (Å²) >= 11 is 0. The second-order valence-corrected chi connectivity index (χ2v) is 3.03. The molecule has 0 N–H and O–H groups in total. The van der Waals surface area contributed by atoms with Gasteiger partial charge >= 0.3 is 6.09 Å². The van der Waals surface area contributed by atoms with Crippen LogP contribution in [0.1, 0.15) is 12.8 Å². The summed E-state index contributed by atoms with van der Waals surface area (Å²) in [7, 11) is 1.44. The van der Waals surface area contributed by atoms with Gasteiger partial charge in [-0.05, 0) is 18.8 Å². The zero-order valence-electron chi connectivity index (χ0n) is 6.04. The van der Waals surface area contributed by atoms with Gasteiger partial charge in [0.1, 0.15) is 0 Å². The first-order valence-corrected chi connectivity index (χ1v) is 3.67. The summed E-state index contributed by atoms with van der Waals surface area (Å²) in [6.07, 6.45) is 2.33. The van der Waals surface area contributed by atoms with Crippen LogP contribution in [0.2, 0.25) is 0 Å². The molecule has 10 heavy (non-hydrogen) atoms. The highest BCUT2D eigenvalue weighted by Crippen LogP contribution is 2.41. The molecule has 0 aromatic heterocycles. The fourth-order valence-corrected chi connectivity index (χ4v) is 1.75. The van der Waals surface area contributed by atoms with Crippen LogP contribution >= 0.6 is 0 Å². The van der Waals surface area contributed by atoms with Gasteiger partial charge < -0.3 is 9.64 Å². The average molecular weight is 141 g/mol. The molecule has 2 fully saturated rings. The molecule has 0 spiro atoms. The maximum atomic E-state index is 10.9. The number of piperidine rings is 1. The molecule has 2 rings (SSSR count). The normalized spacial score (nSPS) is 35.5. The Labute approximate surface area is 60.0 Å². The van der Waals surface area contributed by atoms with Gasteiger partial charge in [0.2, 0.25) is 0 Å². The molecule has 0 unspecified atom stereocenters. The maximum absolute atomic E-state index is 10.9. The number of fused-ring (bicyclic) bond motifs is 1. The number of nitrogens with zero attached hydrogens (tertiary/aromatic N) is 1. The zero-order chi connectivity index (χ0) is 7.14. The number of methoxy groups -OCH3 is 1. The Hall–Kier alpha value is -0.730. The van der Waals surface area contributed by atoms with Crippen LogP contribution in [-0.4, -0.2) is 30.7 Å². The van der Waals surface area contributed by atoms with Crippen LogP contribution < -0.4 is 0 Å². The molecule has 2 aliphatic rings. The lowest BCUT2D eigenvalue weighted by Crippen LogP contribution is -2.63. The van der Waals surface area contributed by atoms with Gasteiger partial charge in [0.05, 0.1) is 7.11 Å². The van der Waals surface area contributed by atoms with E-state index in [1.54, 1.807) is 0 Å². The Kier molecular flexibility index (Phi) is 1.13. The Morgan fingerprint density at radius 2 is 2.40 bits per heavy atom. The van der Waals surface area contributed by atoms with Gasteiger partial charge in [0.15, 0.2) is 0 Å². The van der Waals surface area contributed by atoms with Crippen molar-refractivity contribution in [2.45, 2.75) is 18.9 Å². The van der Waals surface area contributed by atoms with Gasteiger partial charge in [-0.2, -0.15) is 0 Å². The topological polar surface area (TPSA) is 29.5 Å². The van der Waals surface area contributed by atoms with Crippen LogP contribution in [0.15, 0.2) is 0 Å². The zero-order valence-corrected chi connectivity index (χ0v) is 6.04. The summed E-state index contributed by atoms with van der Waals surface area (Å²) in [4.78, 5) is 12.7. The number of rotatable bonds is 0. The van der Waals surface area contributed by atoms with Crippen molar-refractivity contribution in [3.8, 4) is 0 Å². The van der Waals surface area contributed by atoms with E-state index in [0.717, 1.165) is 12.5 Å². The quantitative estimate of drug-likeness (QED) is 0.500. The lowest BCUT2D eigenvalue weighted by molar-refractivity contribution is -0.0451.